The van der Waals surface area contributed by atoms with Crippen molar-refractivity contribution < 1.29 is 28.6 Å². The highest BCUT2D eigenvalue weighted by Crippen LogP contribution is 2.22. The number of ether oxygens (including phenoxy) is 2. The monoisotopic (exact) mass is 449 g/mol. The van der Waals surface area contributed by atoms with E-state index in [9.17, 15) is 23.9 Å². The summed E-state index contributed by atoms with van der Waals surface area (Å²) < 4.78 is 25.0. The van der Waals surface area contributed by atoms with Gasteiger partial charge in [-0.2, -0.15) is 0 Å². The maximum absolute atomic E-state index is 12.9. The summed E-state index contributed by atoms with van der Waals surface area (Å²) in [4.78, 5) is 36.7. The van der Waals surface area contributed by atoms with Crippen molar-refractivity contribution in [1.82, 2.24) is 9.99 Å². The number of rotatable bonds is 8. The Labute approximate surface area is 184 Å². The van der Waals surface area contributed by atoms with E-state index in [0.29, 0.717) is 43.8 Å². The lowest BCUT2D eigenvalue weighted by Gasteiger charge is -2.32. The number of carboxylic acid groups (broad SMARTS) is 1. The molecule has 2 unspecified atom stereocenters. The second-order valence-electron chi connectivity index (χ2n) is 7.67. The van der Waals surface area contributed by atoms with Crippen LogP contribution >= 0.6 is 0 Å². The van der Waals surface area contributed by atoms with E-state index in [-0.39, 0.29) is 24.0 Å². The molecule has 1 aliphatic rings. The number of alkyl halides is 1. The number of amides is 1. The fraction of sp³-hybridized carbons (Fsp3) is 0.500. The Bertz CT molecular complexity index is 1030. The van der Waals surface area contributed by atoms with Crippen molar-refractivity contribution in [3.8, 4) is 0 Å². The van der Waals surface area contributed by atoms with Crippen LogP contribution in [-0.2, 0) is 9.47 Å². The Morgan fingerprint density at radius 1 is 1.31 bits per heavy atom. The summed E-state index contributed by atoms with van der Waals surface area (Å²) in [5.41, 5.74) is 0.291. The van der Waals surface area contributed by atoms with Crippen molar-refractivity contribution in [2.24, 2.45) is 0 Å². The average molecular weight is 449 g/mol. The van der Waals surface area contributed by atoms with E-state index >= 15 is 0 Å². The summed E-state index contributed by atoms with van der Waals surface area (Å²) in [5.74, 6) is -1.31. The molecule has 2 heterocycles. The van der Waals surface area contributed by atoms with Gasteiger partial charge in [0.15, 0.2) is 0 Å². The molecule has 1 aromatic carbocycles. The number of carbonyl (C=O) groups excluding carboxylic acids is 1. The molecule has 2 aromatic rings. The minimum atomic E-state index is -1.31. The lowest BCUT2D eigenvalue weighted by molar-refractivity contribution is 0.0694. The molecule has 1 amide bonds. The Morgan fingerprint density at radius 2 is 2.03 bits per heavy atom. The third-order valence-electron chi connectivity index (χ3n) is 5.38. The molecule has 0 radical (unpaired) electrons. The van der Waals surface area contributed by atoms with Crippen molar-refractivity contribution in [3.05, 3.63) is 45.7 Å². The second kappa shape index (κ2) is 10.4. The van der Waals surface area contributed by atoms with Crippen LogP contribution in [0.2, 0.25) is 0 Å². The zero-order chi connectivity index (χ0) is 23.3. The number of nitrogens with one attached hydrogen (secondary N) is 1. The van der Waals surface area contributed by atoms with Gasteiger partial charge in [0, 0.05) is 18.0 Å². The number of aromatic carboxylic acids is 1. The summed E-state index contributed by atoms with van der Waals surface area (Å²) >= 11 is 0. The maximum Gasteiger partial charge on any atom is 0.407 e. The molecule has 2 N–H and O–H groups in total. The Kier molecular flexibility index (Phi) is 7.68. The van der Waals surface area contributed by atoms with E-state index in [1.165, 1.54) is 13.1 Å². The van der Waals surface area contributed by atoms with E-state index in [0.717, 1.165) is 0 Å². The minimum absolute atomic E-state index is 0.0378. The van der Waals surface area contributed by atoms with Crippen molar-refractivity contribution in [3.63, 3.8) is 0 Å². The van der Waals surface area contributed by atoms with Crippen molar-refractivity contribution in [2.45, 2.75) is 38.9 Å². The summed E-state index contributed by atoms with van der Waals surface area (Å²) in [7, 11) is 0. The predicted octanol–water partition coefficient (Wildman–Crippen LogP) is 2.59. The van der Waals surface area contributed by atoms with E-state index in [4.69, 9.17) is 9.47 Å². The molecular weight excluding hydrogens is 421 g/mol. The van der Waals surface area contributed by atoms with Gasteiger partial charge >= 0.3 is 12.1 Å². The van der Waals surface area contributed by atoms with Crippen molar-refractivity contribution in [1.29, 1.82) is 0 Å². The lowest BCUT2D eigenvalue weighted by atomic mass is 10.0. The van der Waals surface area contributed by atoms with Gasteiger partial charge in [0.05, 0.1) is 44.5 Å². The Hall–Kier alpha value is -3.14. The second-order valence-corrected chi connectivity index (χ2v) is 7.67. The SMILES string of the molecule is CCC(NC(=O)OCCC(C)F)c1ccc2c(c1)c(=O)c(C(=O)O)cn2N1CCOCC1. The van der Waals surface area contributed by atoms with Crippen LogP contribution in [0.25, 0.3) is 10.9 Å². The largest absolute Gasteiger partial charge is 0.477 e. The van der Waals surface area contributed by atoms with Crippen molar-refractivity contribution >= 4 is 23.0 Å². The van der Waals surface area contributed by atoms with Gasteiger partial charge in [0.2, 0.25) is 5.43 Å². The number of alkyl carbamates (subject to hydrolysis) is 1. The number of aromatic nitrogens is 1. The molecule has 174 valence electrons. The fourth-order valence-electron chi connectivity index (χ4n) is 3.62. The molecule has 0 aliphatic carbocycles. The highest BCUT2D eigenvalue weighted by molar-refractivity contribution is 5.93. The Balaban J connectivity index is 1.95. The van der Waals surface area contributed by atoms with Crippen molar-refractivity contribution in [2.75, 3.05) is 37.9 Å². The van der Waals surface area contributed by atoms with Crippen LogP contribution in [0.4, 0.5) is 9.18 Å². The topological polar surface area (TPSA) is 110 Å². The molecule has 9 nitrogen and oxygen atoms in total. The molecule has 10 heteroatoms. The first kappa shape index (κ1) is 23.5. The van der Waals surface area contributed by atoms with Crippen LogP contribution < -0.4 is 15.8 Å². The summed E-state index contributed by atoms with van der Waals surface area (Å²) in [6, 6.07) is 4.68. The highest BCUT2D eigenvalue weighted by atomic mass is 19.1. The first-order valence-electron chi connectivity index (χ1n) is 10.6. The average Bonchev–Trinajstić information content (AvgIpc) is 2.77. The molecule has 1 fully saturated rings. The van der Waals surface area contributed by atoms with Gasteiger partial charge in [0.1, 0.15) is 11.7 Å². The van der Waals surface area contributed by atoms with E-state index in [1.54, 1.807) is 22.9 Å². The van der Waals surface area contributed by atoms with Gasteiger partial charge < -0.3 is 24.9 Å². The van der Waals surface area contributed by atoms with Gasteiger partial charge in [-0.25, -0.2) is 14.0 Å². The number of pyridine rings is 1. The van der Waals surface area contributed by atoms with E-state index < -0.39 is 29.7 Å². The number of nitrogens with zero attached hydrogens (tertiary/aromatic N) is 2. The zero-order valence-electron chi connectivity index (χ0n) is 18.2. The number of morpholine rings is 1. The van der Waals surface area contributed by atoms with E-state index in [1.807, 2.05) is 11.9 Å². The van der Waals surface area contributed by atoms with Crippen LogP contribution in [0, 0.1) is 0 Å². The third-order valence-corrected chi connectivity index (χ3v) is 5.38. The summed E-state index contributed by atoms with van der Waals surface area (Å²) in [6.07, 6.45) is 0.219. The number of carbonyl (C=O) groups is 2. The molecule has 0 spiro atoms. The number of fused-ring (bicyclic) bond motifs is 1. The molecule has 0 bridgehead atoms. The van der Waals surface area contributed by atoms with Gasteiger partial charge in [-0.15, -0.1) is 0 Å². The predicted molar refractivity (Wildman–Crippen MR) is 117 cm³/mol. The first-order chi connectivity index (χ1) is 15.3. The van der Waals surface area contributed by atoms with Crippen LogP contribution in [0.5, 0.6) is 0 Å². The quantitative estimate of drug-likeness (QED) is 0.637. The van der Waals surface area contributed by atoms with Crippen LogP contribution in [0.3, 0.4) is 0 Å². The Morgan fingerprint density at radius 3 is 2.66 bits per heavy atom. The smallest absolute Gasteiger partial charge is 0.407 e. The van der Waals surface area contributed by atoms with Crippen LogP contribution in [0.15, 0.2) is 29.2 Å². The summed E-state index contributed by atoms with van der Waals surface area (Å²) in [5, 5.41) is 14.4. The standard InChI is InChI=1S/C22H28FN3O6/c1-3-18(24-22(30)32-9-6-14(2)23)15-4-5-19-16(12-15)20(27)17(21(28)29)13-26(19)25-7-10-31-11-8-25/h4-5,12-14,18H,3,6-11H2,1-2H3,(H,24,30)(H,28,29). The zero-order valence-corrected chi connectivity index (χ0v) is 18.2. The first-order valence-corrected chi connectivity index (χ1v) is 10.6. The summed E-state index contributed by atoms with van der Waals surface area (Å²) in [6.45, 7) is 5.32. The number of halogens is 1. The molecule has 2 atom stereocenters. The minimum Gasteiger partial charge on any atom is -0.477 e. The molecule has 3 rings (SSSR count). The third kappa shape index (κ3) is 5.37. The number of carboxylic acids is 1. The van der Waals surface area contributed by atoms with E-state index in [2.05, 4.69) is 5.32 Å². The van der Waals surface area contributed by atoms with Gasteiger partial charge in [-0.05, 0) is 31.0 Å². The highest BCUT2D eigenvalue weighted by Gasteiger charge is 2.21. The van der Waals surface area contributed by atoms with Gasteiger partial charge in [0.25, 0.3) is 0 Å². The normalized spacial score (nSPS) is 15.9. The molecule has 1 aromatic heterocycles. The van der Waals surface area contributed by atoms with Gasteiger partial charge in [-0.3, -0.25) is 9.47 Å². The molecule has 0 saturated carbocycles. The number of hydrogen-bond acceptors (Lipinski definition) is 6. The number of benzene rings is 1. The molecule has 1 aliphatic heterocycles. The van der Waals surface area contributed by atoms with Crippen LogP contribution in [0.1, 0.15) is 48.7 Å². The van der Waals surface area contributed by atoms with Gasteiger partial charge in [-0.1, -0.05) is 13.0 Å². The van der Waals surface area contributed by atoms with Crippen LogP contribution in [-0.4, -0.2) is 60.9 Å². The number of hydrogen-bond donors (Lipinski definition) is 2. The molecule has 1 saturated heterocycles. The lowest BCUT2D eigenvalue weighted by Crippen LogP contribution is -2.44. The fourth-order valence-corrected chi connectivity index (χ4v) is 3.62. The molecular formula is C22H28FN3O6. The molecule has 32 heavy (non-hydrogen) atoms. The maximum atomic E-state index is 12.9.